The van der Waals surface area contributed by atoms with Crippen LogP contribution >= 0.6 is 11.3 Å². The van der Waals surface area contributed by atoms with E-state index in [4.69, 9.17) is 4.74 Å². The topological polar surface area (TPSA) is 50.3 Å². The van der Waals surface area contributed by atoms with E-state index in [1.165, 1.54) is 0 Å². The van der Waals surface area contributed by atoms with Crippen LogP contribution in [0.4, 0.5) is 5.13 Å². The Morgan fingerprint density at radius 2 is 2.29 bits per heavy atom. The Kier molecular flexibility index (Phi) is 4.31. The first-order valence-electron chi connectivity index (χ1n) is 6.11. The molecule has 1 aliphatic heterocycles. The highest BCUT2D eigenvalue weighted by Gasteiger charge is 2.24. The molecular weight excluding hydrogens is 236 g/mol. The van der Waals surface area contributed by atoms with Gasteiger partial charge in [0.05, 0.1) is 19.3 Å². The molecular formula is C11H20N4OS. The minimum Gasteiger partial charge on any atom is -0.376 e. The fourth-order valence-electron chi connectivity index (χ4n) is 1.91. The summed E-state index contributed by atoms with van der Waals surface area (Å²) in [7, 11) is 0. The Morgan fingerprint density at radius 3 is 3.06 bits per heavy atom. The van der Waals surface area contributed by atoms with Crippen molar-refractivity contribution >= 4 is 16.5 Å². The maximum absolute atomic E-state index is 5.62. The number of anilines is 1. The molecule has 96 valence electrons. The van der Waals surface area contributed by atoms with Crippen LogP contribution in [-0.4, -0.2) is 46.9 Å². The highest BCUT2D eigenvalue weighted by atomic mass is 32.1. The molecule has 0 spiro atoms. The van der Waals surface area contributed by atoms with Crippen molar-refractivity contribution in [3.63, 3.8) is 0 Å². The minimum absolute atomic E-state index is 0.312. The predicted molar refractivity (Wildman–Crippen MR) is 69.4 cm³/mol. The molecule has 1 aromatic rings. The van der Waals surface area contributed by atoms with Gasteiger partial charge in [0.25, 0.3) is 0 Å². The maximum atomic E-state index is 5.62. The van der Waals surface area contributed by atoms with Gasteiger partial charge in [-0.1, -0.05) is 11.3 Å². The first kappa shape index (κ1) is 12.7. The van der Waals surface area contributed by atoms with Gasteiger partial charge in [-0.25, -0.2) is 0 Å². The lowest BCUT2D eigenvalue weighted by atomic mass is 10.2. The van der Waals surface area contributed by atoms with Crippen LogP contribution in [0.3, 0.4) is 0 Å². The van der Waals surface area contributed by atoms with Crippen molar-refractivity contribution in [2.24, 2.45) is 0 Å². The van der Waals surface area contributed by atoms with E-state index in [0.717, 1.165) is 36.4 Å². The van der Waals surface area contributed by atoms with Gasteiger partial charge in [-0.05, 0) is 20.8 Å². The quantitative estimate of drug-likeness (QED) is 0.886. The summed E-state index contributed by atoms with van der Waals surface area (Å²) in [4.78, 5) is 2.41. The summed E-state index contributed by atoms with van der Waals surface area (Å²) in [5.74, 6) is 0. The lowest BCUT2D eigenvalue weighted by Crippen LogP contribution is -2.46. The second-order valence-electron chi connectivity index (χ2n) is 4.45. The van der Waals surface area contributed by atoms with Crippen LogP contribution in [-0.2, 0) is 11.3 Å². The normalized spacial score (nSPS) is 26.1. The van der Waals surface area contributed by atoms with E-state index < -0.39 is 0 Å². The monoisotopic (exact) mass is 256 g/mol. The molecule has 0 amide bonds. The molecule has 1 fully saturated rings. The van der Waals surface area contributed by atoms with Crippen LogP contribution in [0.5, 0.6) is 0 Å². The Balaban J connectivity index is 1.94. The van der Waals surface area contributed by atoms with E-state index in [2.05, 4.69) is 41.2 Å². The fraction of sp³-hybridized carbons (Fsp3) is 0.818. The molecule has 5 nitrogen and oxygen atoms in total. The van der Waals surface area contributed by atoms with E-state index in [9.17, 15) is 0 Å². The summed E-state index contributed by atoms with van der Waals surface area (Å²) in [6.07, 6.45) is 0.312. The number of aromatic nitrogens is 2. The smallest absolute Gasteiger partial charge is 0.205 e. The van der Waals surface area contributed by atoms with Gasteiger partial charge in [0.2, 0.25) is 5.13 Å². The highest BCUT2D eigenvalue weighted by molar-refractivity contribution is 7.15. The van der Waals surface area contributed by atoms with E-state index in [1.807, 2.05) is 0 Å². The maximum Gasteiger partial charge on any atom is 0.205 e. The van der Waals surface area contributed by atoms with Crippen LogP contribution in [0.2, 0.25) is 0 Å². The second kappa shape index (κ2) is 5.75. The fourth-order valence-corrected chi connectivity index (χ4v) is 2.74. The number of rotatable bonds is 4. The average molecular weight is 256 g/mol. The molecule has 0 saturated carbocycles. The summed E-state index contributed by atoms with van der Waals surface area (Å²) < 4.78 is 5.62. The third kappa shape index (κ3) is 3.37. The van der Waals surface area contributed by atoms with E-state index in [1.54, 1.807) is 11.3 Å². The van der Waals surface area contributed by atoms with Crippen molar-refractivity contribution in [1.82, 2.24) is 15.1 Å². The third-order valence-corrected chi connectivity index (χ3v) is 3.74. The molecule has 0 radical (unpaired) electrons. The lowest BCUT2D eigenvalue weighted by Gasteiger charge is -2.36. The number of nitrogens with one attached hydrogen (secondary N) is 1. The molecule has 1 aromatic heterocycles. The van der Waals surface area contributed by atoms with Crippen molar-refractivity contribution in [3.8, 4) is 0 Å². The standard InChI is InChI=1S/C11H20N4OS/c1-4-12-11-14-13-10(17-11)6-15-5-9(3)16-7-8(15)2/h8-9H,4-7H2,1-3H3,(H,12,14). The first-order valence-corrected chi connectivity index (χ1v) is 6.92. The molecule has 0 aromatic carbocycles. The van der Waals surface area contributed by atoms with Gasteiger partial charge < -0.3 is 10.1 Å². The largest absolute Gasteiger partial charge is 0.376 e. The molecule has 0 aliphatic carbocycles. The molecule has 1 aliphatic rings. The molecule has 0 bridgehead atoms. The second-order valence-corrected chi connectivity index (χ2v) is 5.52. The molecule has 17 heavy (non-hydrogen) atoms. The zero-order valence-corrected chi connectivity index (χ0v) is 11.5. The molecule has 2 rings (SSSR count). The SMILES string of the molecule is CCNc1nnc(CN2CC(C)OCC2C)s1. The van der Waals surface area contributed by atoms with Gasteiger partial charge in [0, 0.05) is 19.1 Å². The summed E-state index contributed by atoms with van der Waals surface area (Å²) >= 11 is 1.64. The van der Waals surface area contributed by atoms with Crippen molar-refractivity contribution in [1.29, 1.82) is 0 Å². The van der Waals surface area contributed by atoms with Crippen molar-refractivity contribution < 1.29 is 4.74 Å². The number of hydrogen-bond donors (Lipinski definition) is 1. The van der Waals surface area contributed by atoms with Crippen LogP contribution < -0.4 is 5.32 Å². The minimum atomic E-state index is 0.312. The third-order valence-electron chi connectivity index (χ3n) is 2.87. The van der Waals surface area contributed by atoms with E-state index in [0.29, 0.717) is 12.1 Å². The molecule has 6 heteroatoms. The number of ether oxygens (including phenoxy) is 1. The van der Waals surface area contributed by atoms with Crippen LogP contribution in [0.15, 0.2) is 0 Å². The zero-order chi connectivity index (χ0) is 12.3. The lowest BCUT2D eigenvalue weighted by molar-refractivity contribution is -0.0527. The van der Waals surface area contributed by atoms with Gasteiger partial charge in [0.15, 0.2) is 0 Å². The molecule has 2 unspecified atom stereocenters. The van der Waals surface area contributed by atoms with Crippen molar-refractivity contribution in [2.45, 2.75) is 39.5 Å². The Morgan fingerprint density at radius 1 is 1.47 bits per heavy atom. The number of nitrogens with zero attached hydrogens (tertiary/aromatic N) is 3. The molecule has 1 saturated heterocycles. The van der Waals surface area contributed by atoms with Crippen molar-refractivity contribution in [2.75, 3.05) is 25.0 Å². The summed E-state index contributed by atoms with van der Waals surface area (Å²) in [6, 6.07) is 0.456. The molecule has 2 heterocycles. The number of hydrogen-bond acceptors (Lipinski definition) is 6. The zero-order valence-electron chi connectivity index (χ0n) is 10.6. The van der Waals surface area contributed by atoms with Crippen molar-refractivity contribution in [3.05, 3.63) is 5.01 Å². The van der Waals surface area contributed by atoms with Gasteiger partial charge in [-0.3, -0.25) is 4.90 Å². The van der Waals surface area contributed by atoms with E-state index in [-0.39, 0.29) is 0 Å². The average Bonchev–Trinajstić information content (AvgIpc) is 2.72. The predicted octanol–water partition coefficient (Wildman–Crippen LogP) is 1.58. The van der Waals surface area contributed by atoms with Crippen LogP contribution in [0.25, 0.3) is 0 Å². The first-order chi connectivity index (χ1) is 8.19. The summed E-state index contributed by atoms with van der Waals surface area (Å²) in [6.45, 7) is 9.91. The van der Waals surface area contributed by atoms with E-state index >= 15 is 0 Å². The Bertz CT molecular complexity index is 357. The summed E-state index contributed by atoms with van der Waals surface area (Å²) in [5.41, 5.74) is 0. The van der Waals surface area contributed by atoms with Crippen LogP contribution in [0.1, 0.15) is 25.8 Å². The molecule has 2 atom stereocenters. The van der Waals surface area contributed by atoms with Gasteiger partial charge >= 0.3 is 0 Å². The molecule has 1 N–H and O–H groups in total. The van der Waals surface area contributed by atoms with Crippen LogP contribution in [0, 0.1) is 0 Å². The Hall–Kier alpha value is -0.720. The Labute approximate surface area is 106 Å². The van der Waals surface area contributed by atoms with Gasteiger partial charge in [-0.2, -0.15) is 0 Å². The summed E-state index contributed by atoms with van der Waals surface area (Å²) in [5, 5.41) is 13.5. The highest BCUT2D eigenvalue weighted by Crippen LogP contribution is 2.20. The van der Waals surface area contributed by atoms with Gasteiger partial charge in [-0.15, -0.1) is 10.2 Å². The van der Waals surface area contributed by atoms with Gasteiger partial charge in [0.1, 0.15) is 5.01 Å². The number of morpholine rings is 1.